The number of halogens is 1. The largest absolute Gasteiger partial charge is 0.444 e. The molecular formula is C17H25IN2O2S. The zero-order valence-corrected chi connectivity index (χ0v) is 17.3. The Kier molecular flexibility index (Phi) is 6.24. The summed E-state index contributed by atoms with van der Waals surface area (Å²) in [6.07, 6.45) is -0.208. The Balaban J connectivity index is 1.92. The lowest BCUT2D eigenvalue weighted by atomic mass is 10.1. The predicted molar refractivity (Wildman–Crippen MR) is 104 cm³/mol. The molecule has 0 atom stereocenters. The normalized spacial score (nSPS) is 16.5. The lowest BCUT2D eigenvalue weighted by molar-refractivity contribution is 0.0139. The fraction of sp³-hybridized carbons (Fsp3) is 0.588. The van der Waals surface area contributed by atoms with Gasteiger partial charge in [0.15, 0.2) is 0 Å². The first-order valence-electron chi connectivity index (χ1n) is 7.84. The van der Waals surface area contributed by atoms with E-state index in [9.17, 15) is 4.79 Å². The van der Waals surface area contributed by atoms with Crippen LogP contribution in [0.4, 0.5) is 4.79 Å². The first-order chi connectivity index (χ1) is 10.7. The minimum Gasteiger partial charge on any atom is -0.444 e. The van der Waals surface area contributed by atoms with Gasteiger partial charge < -0.3 is 9.64 Å². The van der Waals surface area contributed by atoms with E-state index in [4.69, 9.17) is 4.74 Å². The Morgan fingerprint density at radius 3 is 2.43 bits per heavy atom. The Morgan fingerprint density at radius 1 is 1.26 bits per heavy atom. The van der Waals surface area contributed by atoms with Crippen molar-refractivity contribution >= 4 is 41.3 Å². The molecule has 4 nitrogen and oxygen atoms in total. The van der Waals surface area contributed by atoms with Crippen LogP contribution >= 0.6 is 35.2 Å². The summed E-state index contributed by atoms with van der Waals surface area (Å²) >= 11 is 6.83. The van der Waals surface area contributed by atoms with Crippen LogP contribution < -0.4 is 0 Å². The molecule has 1 aromatic carbocycles. The second-order valence-electron chi connectivity index (χ2n) is 6.96. The Hall–Kier alpha value is -0.470. The van der Waals surface area contributed by atoms with Gasteiger partial charge in [0.05, 0.1) is 0 Å². The van der Waals surface area contributed by atoms with Gasteiger partial charge in [-0.25, -0.2) is 4.79 Å². The van der Waals surface area contributed by atoms with Crippen molar-refractivity contribution in [1.29, 1.82) is 0 Å². The van der Waals surface area contributed by atoms with E-state index < -0.39 is 5.60 Å². The first-order valence-corrected chi connectivity index (χ1v) is 9.36. The highest BCUT2D eigenvalue weighted by Crippen LogP contribution is 2.23. The molecule has 1 aliphatic rings. The molecule has 0 saturated carbocycles. The molecule has 1 aliphatic heterocycles. The lowest BCUT2D eigenvalue weighted by Gasteiger charge is -2.35. The molecule has 0 spiro atoms. The van der Waals surface area contributed by atoms with Gasteiger partial charge in [0.2, 0.25) is 0 Å². The van der Waals surface area contributed by atoms with E-state index in [0.29, 0.717) is 13.1 Å². The maximum atomic E-state index is 12.1. The smallest absolute Gasteiger partial charge is 0.410 e. The van der Waals surface area contributed by atoms with Gasteiger partial charge in [0, 0.05) is 41.2 Å². The molecule has 0 aliphatic carbocycles. The molecule has 0 N–H and O–H groups in total. The average Bonchev–Trinajstić information content (AvgIpc) is 2.43. The van der Waals surface area contributed by atoms with E-state index in [1.165, 1.54) is 14.7 Å². The van der Waals surface area contributed by atoms with Crippen LogP contribution in [-0.2, 0) is 11.3 Å². The van der Waals surface area contributed by atoms with Crippen molar-refractivity contribution in [3.8, 4) is 0 Å². The van der Waals surface area contributed by atoms with Crippen LogP contribution in [0.3, 0.4) is 0 Å². The lowest BCUT2D eigenvalue weighted by Crippen LogP contribution is -2.49. The highest BCUT2D eigenvalue weighted by molar-refractivity contribution is 14.1. The summed E-state index contributed by atoms with van der Waals surface area (Å²) in [5.41, 5.74) is 2.19. The third-order valence-corrected chi connectivity index (χ3v) is 5.23. The molecule has 1 amide bonds. The van der Waals surface area contributed by atoms with Crippen LogP contribution in [0.1, 0.15) is 31.9 Å². The minimum atomic E-state index is -0.435. The zero-order chi connectivity index (χ0) is 17.2. The van der Waals surface area contributed by atoms with E-state index in [-0.39, 0.29) is 6.09 Å². The Labute approximate surface area is 158 Å². The molecule has 128 valence electrons. The molecule has 23 heavy (non-hydrogen) atoms. The number of hydrogen-bond acceptors (Lipinski definition) is 4. The van der Waals surface area contributed by atoms with Gasteiger partial charge in [0.1, 0.15) is 5.60 Å². The molecule has 2 rings (SSSR count). The summed E-state index contributed by atoms with van der Waals surface area (Å²) in [4.78, 5) is 17.3. The minimum absolute atomic E-state index is 0.208. The fourth-order valence-electron chi connectivity index (χ4n) is 2.54. The molecule has 6 heteroatoms. The Bertz CT molecular complexity index is 579. The van der Waals surface area contributed by atoms with Crippen LogP contribution in [0.15, 0.2) is 17.0 Å². The molecule has 1 saturated heterocycles. The summed E-state index contributed by atoms with van der Waals surface area (Å²) < 4.78 is 6.69. The summed E-state index contributed by atoms with van der Waals surface area (Å²) in [6, 6.07) is 4.23. The zero-order valence-electron chi connectivity index (χ0n) is 14.2. The topological polar surface area (TPSA) is 32.8 Å². The maximum absolute atomic E-state index is 12.1. The number of piperazine rings is 1. The van der Waals surface area contributed by atoms with Gasteiger partial charge in [-0.1, -0.05) is 0 Å². The van der Waals surface area contributed by atoms with Gasteiger partial charge in [-0.15, -0.1) is 12.6 Å². The van der Waals surface area contributed by atoms with Crippen LogP contribution in [-0.4, -0.2) is 47.7 Å². The number of rotatable bonds is 2. The van der Waals surface area contributed by atoms with Crippen molar-refractivity contribution in [3.63, 3.8) is 0 Å². The molecule has 1 heterocycles. The van der Waals surface area contributed by atoms with E-state index in [1.54, 1.807) is 4.90 Å². The van der Waals surface area contributed by atoms with Crippen LogP contribution in [0.2, 0.25) is 0 Å². The van der Waals surface area contributed by atoms with Crippen LogP contribution in [0, 0.1) is 10.5 Å². The number of carbonyl (C=O) groups excluding carboxylic acids is 1. The molecule has 0 unspecified atom stereocenters. The van der Waals surface area contributed by atoms with Crippen LogP contribution in [0.5, 0.6) is 0 Å². The monoisotopic (exact) mass is 448 g/mol. The second-order valence-corrected chi connectivity index (χ2v) is 8.63. The average molecular weight is 448 g/mol. The number of amides is 1. The van der Waals surface area contributed by atoms with Crippen molar-refractivity contribution in [2.45, 2.75) is 44.7 Å². The highest BCUT2D eigenvalue weighted by atomic mass is 127. The molecule has 0 bridgehead atoms. The van der Waals surface area contributed by atoms with Gasteiger partial charge in [0.25, 0.3) is 0 Å². The molecule has 0 aromatic heterocycles. The number of nitrogens with zero attached hydrogens (tertiary/aromatic N) is 2. The number of ether oxygens (including phenoxy) is 1. The number of thiol groups is 1. The summed E-state index contributed by atoms with van der Waals surface area (Å²) in [5, 5.41) is 0. The predicted octanol–water partition coefficient (Wildman–Crippen LogP) is 3.94. The van der Waals surface area contributed by atoms with Crippen molar-refractivity contribution in [2.24, 2.45) is 0 Å². The summed E-state index contributed by atoms with van der Waals surface area (Å²) in [6.45, 7) is 11.9. The standard InChI is InChI=1S/C17H25IN2O2S/c1-12-13(9-14(23)10-15(12)18)11-19-5-7-20(8-6-19)16(21)22-17(2,3)4/h9-10,23H,5-8,11H2,1-4H3. The third kappa shape index (κ3) is 5.53. The molecular weight excluding hydrogens is 423 g/mol. The quantitative estimate of drug-likeness (QED) is 0.550. The SMILES string of the molecule is Cc1c(I)cc(S)cc1CN1CCN(C(=O)OC(C)(C)C)CC1. The van der Waals surface area contributed by atoms with Crippen molar-refractivity contribution in [2.75, 3.05) is 26.2 Å². The van der Waals surface area contributed by atoms with Crippen LogP contribution in [0.25, 0.3) is 0 Å². The first kappa shape index (κ1) is 18.9. The molecule has 1 fully saturated rings. The molecule has 0 radical (unpaired) electrons. The number of hydrogen-bond donors (Lipinski definition) is 1. The van der Waals surface area contributed by atoms with Gasteiger partial charge in [-0.3, -0.25) is 4.90 Å². The Morgan fingerprint density at radius 2 is 1.87 bits per heavy atom. The summed E-state index contributed by atoms with van der Waals surface area (Å²) in [5.74, 6) is 0. The third-order valence-electron chi connectivity index (χ3n) is 3.85. The molecule has 1 aromatic rings. The summed E-state index contributed by atoms with van der Waals surface area (Å²) in [7, 11) is 0. The van der Waals surface area contributed by atoms with Gasteiger partial charge in [-0.2, -0.15) is 0 Å². The van der Waals surface area contributed by atoms with E-state index in [2.05, 4.69) is 59.2 Å². The van der Waals surface area contributed by atoms with Gasteiger partial charge >= 0.3 is 6.09 Å². The fourth-order valence-corrected chi connectivity index (χ4v) is 3.75. The number of benzene rings is 1. The van der Waals surface area contributed by atoms with Gasteiger partial charge in [-0.05, 0) is 73.5 Å². The van der Waals surface area contributed by atoms with Crippen molar-refractivity contribution < 1.29 is 9.53 Å². The second kappa shape index (κ2) is 7.61. The highest BCUT2D eigenvalue weighted by Gasteiger charge is 2.26. The van der Waals surface area contributed by atoms with E-state index in [1.807, 2.05) is 20.8 Å². The van der Waals surface area contributed by atoms with E-state index >= 15 is 0 Å². The van der Waals surface area contributed by atoms with Crippen molar-refractivity contribution in [3.05, 3.63) is 26.8 Å². The van der Waals surface area contributed by atoms with E-state index in [0.717, 1.165) is 24.5 Å². The van der Waals surface area contributed by atoms with Crippen molar-refractivity contribution in [1.82, 2.24) is 9.80 Å². The maximum Gasteiger partial charge on any atom is 0.410 e. The number of carbonyl (C=O) groups is 1.